The largest absolute Gasteiger partial charge is 0.493 e. The Morgan fingerprint density at radius 2 is 1.71 bits per heavy atom. The molecule has 0 aliphatic carbocycles. The highest BCUT2D eigenvalue weighted by molar-refractivity contribution is 5.95. The van der Waals surface area contributed by atoms with Gasteiger partial charge >= 0.3 is 12.1 Å². The monoisotopic (exact) mass is 439 g/mol. The van der Waals surface area contributed by atoms with E-state index < -0.39 is 30.2 Å². The van der Waals surface area contributed by atoms with Gasteiger partial charge in [-0.2, -0.15) is 13.2 Å². The molecule has 2 aromatic rings. The summed E-state index contributed by atoms with van der Waals surface area (Å²) in [5.74, 6) is -0.121. The second-order valence-electron chi connectivity index (χ2n) is 7.10. The number of hydrogen-bond donors (Lipinski definition) is 1. The number of benzene rings is 2. The van der Waals surface area contributed by atoms with E-state index in [4.69, 9.17) is 14.2 Å². The van der Waals surface area contributed by atoms with Gasteiger partial charge in [0.1, 0.15) is 0 Å². The standard InChI is InChI=1S/C22H24F3NO5/c1-14(2)10-11-30-18-9-4-15(12-19(18)29-3)21(28)31-13-20(27)26-17-7-5-16(6-8-17)22(23,24)25/h4-9,12,14H,10-11,13H2,1-3H3,(H,26,27). The van der Waals surface area contributed by atoms with Gasteiger partial charge in [-0.05, 0) is 54.8 Å². The molecule has 0 aromatic heterocycles. The molecule has 2 rings (SSSR count). The van der Waals surface area contributed by atoms with Crippen molar-refractivity contribution in [1.82, 2.24) is 0 Å². The fourth-order valence-corrected chi connectivity index (χ4v) is 2.47. The summed E-state index contributed by atoms with van der Waals surface area (Å²) in [5, 5.41) is 2.36. The topological polar surface area (TPSA) is 73.9 Å². The van der Waals surface area contributed by atoms with Gasteiger partial charge in [0.25, 0.3) is 5.91 Å². The fraction of sp³-hybridized carbons (Fsp3) is 0.364. The molecule has 0 aliphatic heterocycles. The molecule has 1 amide bonds. The van der Waals surface area contributed by atoms with E-state index in [0.717, 1.165) is 30.7 Å². The molecule has 0 saturated heterocycles. The maximum atomic E-state index is 12.6. The van der Waals surface area contributed by atoms with Crippen LogP contribution >= 0.6 is 0 Å². The Hall–Kier alpha value is -3.23. The molecule has 0 spiro atoms. The van der Waals surface area contributed by atoms with Gasteiger partial charge in [0.2, 0.25) is 0 Å². The molecule has 0 saturated carbocycles. The third kappa shape index (κ3) is 7.51. The molecule has 168 valence electrons. The van der Waals surface area contributed by atoms with E-state index in [2.05, 4.69) is 19.2 Å². The third-order valence-corrected chi connectivity index (χ3v) is 4.18. The van der Waals surface area contributed by atoms with Gasteiger partial charge in [-0.15, -0.1) is 0 Å². The number of hydrogen-bond acceptors (Lipinski definition) is 5. The van der Waals surface area contributed by atoms with Crippen molar-refractivity contribution < 1.29 is 37.0 Å². The van der Waals surface area contributed by atoms with Crippen LogP contribution in [0, 0.1) is 5.92 Å². The maximum Gasteiger partial charge on any atom is 0.416 e. The van der Waals surface area contributed by atoms with E-state index >= 15 is 0 Å². The van der Waals surface area contributed by atoms with Crippen LogP contribution in [0.2, 0.25) is 0 Å². The van der Waals surface area contributed by atoms with Crippen LogP contribution in [0.3, 0.4) is 0 Å². The number of anilines is 1. The van der Waals surface area contributed by atoms with E-state index in [1.54, 1.807) is 6.07 Å². The predicted octanol–water partition coefficient (Wildman–Crippen LogP) is 4.93. The van der Waals surface area contributed by atoms with Crippen molar-refractivity contribution in [2.75, 3.05) is 25.6 Å². The normalized spacial score (nSPS) is 11.2. The number of alkyl halides is 3. The maximum absolute atomic E-state index is 12.6. The second kappa shape index (κ2) is 10.7. The lowest BCUT2D eigenvalue weighted by Gasteiger charge is -2.13. The summed E-state index contributed by atoms with van der Waals surface area (Å²) in [5.41, 5.74) is -0.517. The van der Waals surface area contributed by atoms with Crippen LogP contribution in [-0.4, -0.2) is 32.2 Å². The molecule has 0 aliphatic rings. The van der Waals surface area contributed by atoms with Crippen LogP contribution in [0.4, 0.5) is 18.9 Å². The first-order valence-corrected chi connectivity index (χ1v) is 9.55. The molecule has 0 heterocycles. The summed E-state index contributed by atoms with van der Waals surface area (Å²) in [6.45, 7) is 4.05. The molecule has 0 bridgehead atoms. The van der Waals surface area contributed by atoms with Crippen molar-refractivity contribution in [2.24, 2.45) is 5.92 Å². The van der Waals surface area contributed by atoms with Gasteiger partial charge in [-0.25, -0.2) is 4.79 Å². The number of carbonyl (C=O) groups is 2. The van der Waals surface area contributed by atoms with Gasteiger partial charge in [0.05, 0.1) is 24.8 Å². The molecular formula is C22H24F3NO5. The number of amides is 1. The van der Waals surface area contributed by atoms with Gasteiger partial charge < -0.3 is 19.5 Å². The van der Waals surface area contributed by atoms with Crippen molar-refractivity contribution in [3.63, 3.8) is 0 Å². The average Bonchev–Trinajstić information content (AvgIpc) is 2.71. The molecule has 31 heavy (non-hydrogen) atoms. The number of carbonyl (C=O) groups excluding carboxylic acids is 2. The molecule has 2 aromatic carbocycles. The Bertz CT molecular complexity index is 895. The molecule has 0 radical (unpaired) electrons. The number of methoxy groups -OCH3 is 1. The molecule has 9 heteroatoms. The summed E-state index contributed by atoms with van der Waals surface area (Å²) in [6.07, 6.45) is -3.60. The Kier molecular flexibility index (Phi) is 8.30. The summed E-state index contributed by atoms with van der Waals surface area (Å²) < 4.78 is 53.6. The van der Waals surface area contributed by atoms with E-state index in [1.165, 1.54) is 19.2 Å². The first-order valence-electron chi connectivity index (χ1n) is 9.55. The minimum absolute atomic E-state index is 0.151. The smallest absolute Gasteiger partial charge is 0.416 e. The first kappa shape index (κ1) is 24.0. The quantitative estimate of drug-likeness (QED) is 0.561. The lowest BCUT2D eigenvalue weighted by molar-refractivity contribution is -0.137. The minimum Gasteiger partial charge on any atom is -0.493 e. The van der Waals surface area contributed by atoms with E-state index in [-0.39, 0.29) is 11.3 Å². The van der Waals surface area contributed by atoms with E-state index in [9.17, 15) is 22.8 Å². The highest BCUT2D eigenvalue weighted by Gasteiger charge is 2.30. The molecule has 0 fully saturated rings. The predicted molar refractivity (Wildman–Crippen MR) is 108 cm³/mol. The Morgan fingerprint density at radius 3 is 2.29 bits per heavy atom. The zero-order valence-corrected chi connectivity index (χ0v) is 17.4. The number of rotatable bonds is 9. The Labute approximate surface area is 178 Å². The number of esters is 1. The van der Waals surface area contributed by atoms with Gasteiger partial charge in [-0.1, -0.05) is 13.8 Å². The van der Waals surface area contributed by atoms with Crippen molar-refractivity contribution in [1.29, 1.82) is 0 Å². The average molecular weight is 439 g/mol. The van der Waals surface area contributed by atoms with Crippen molar-refractivity contribution in [3.05, 3.63) is 53.6 Å². The van der Waals surface area contributed by atoms with Crippen LogP contribution in [0.1, 0.15) is 36.2 Å². The highest BCUT2D eigenvalue weighted by atomic mass is 19.4. The van der Waals surface area contributed by atoms with Gasteiger partial charge in [0, 0.05) is 5.69 Å². The van der Waals surface area contributed by atoms with Crippen LogP contribution in [0.5, 0.6) is 11.5 Å². The first-order chi connectivity index (χ1) is 14.6. The highest BCUT2D eigenvalue weighted by Crippen LogP contribution is 2.30. The number of ether oxygens (including phenoxy) is 3. The van der Waals surface area contributed by atoms with Crippen LogP contribution in [-0.2, 0) is 15.7 Å². The van der Waals surface area contributed by atoms with Crippen molar-refractivity contribution >= 4 is 17.6 Å². The molecular weight excluding hydrogens is 415 g/mol. The van der Waals surface area contributed by atoms with Crippen LogP contribution < -0.4 is 14.8 Å². The van der Waals surface area contributed by atoms with Crippen molar-refractivity contribution in [3.8, 4) is 11.5 Å². The van der Waals surface area contributed by atoms with Crippen LogP contribution in [0.15, 0.2) is 42.5 Å². The number of halogens is 3. The van der Waals surface area contributed by atoms with E-state index in [0.29, 0.717) is 24.0 Å². The summed E-state index contributed by atoms with van der Waals surface area (Å²) >= 11 is 0. The molecule has 6 nitrogen and oxygen atoms in total. The Balaban J connectivity index is 1.90. The lowest BCUT2D eigenvalue weighted by atomic mass is 10.1. The fourth-order valence-electron chi connectivity index (χ4n) is 2.47. The SMILES string of the molecule is COc1cc(C(=O)OCC(=O)Nc2ccc(C(F)(F)F)cc2)ccc1OCCC(C)C. The van der Waals surface area contributed by atoms with E-state index in [1.807, 2.05) is 0 Å². The molecule has 1 N–H and O–H groups in total. The Morgan fingerprint density at radius 1 is 1.03 bits per heavy atom. The van der Waals surface area contributed by atoms with Gasteiger partial charge in [-0.3, -0.25) is 4.79 Å². The zero-order valence-electron chi connectivity index (χ0n) is 17.4. The third-order valence-electron chi connectivity index (χ3n) is 4.18. The minimum atomic E-state index is -4.46. The zero-order chi connectivity index (χ0) is 23.0. The van der Waals surface area contributed by atoms with Crippen LogP contribution in [0.25, 0.3) is 0 Å². The van der Waals surface area contributed by atoms with Crippen molar-refractivity contribution in [2.45, 2.75) is 26.4 Å². The summed E-state index contributed by atoms with van der Waals surface area (Å²) in [6, 6.07) is 8.44. The summed E-state index contributed by atoms with van der Waals surface area (Å²) in [7, 11) is 1.44. The molecule has 0 unspecified atom stereocenters. The number of nitrogens with one attached hydrogen (secondary N) is 1. The second-order valence-corrected chi connectivity index (χ2v) is 7.10. The summed E-state index contributed by atoms with van der Waals surface area (Å²) in [4.78, 5) is 24.1. The lowest BCUT2D eigenvalue weighted by Crippen LogP contribution is -2.21. The van der Waals surface area contributed by atoms with Gasteiger partial charge in [0.15, 0.2) is 18.1 Å². The molecule has 0 atom stereocenters.